The first-order valence-electron chi connectivity index (χ1n) is 6.49. The number of ether oxygens (including phenoxy) is 1. The standard InChI is InChI=1S/C16H15N3O/c17-10-16(12-4-2-8-18-11-12)20-15-7-1-6-14-13(15)5-3-9-19-14/h1-9,11,16H,10,17H2. The molecule has 2 heterocycles. The van der Waals surface area contributed by atoms with Crippen LogP contribution < -0.4 is 10.5 Å². The van der Waals surface area contributed by atoms with Gasteiger partial charge in [-0.05, 0) is 30.3 Å². The molecule has 3 aromatic rings. The maximum atomic E-state index is 6.06. The van der Waals surface area contributed by atoms with Crippen molar-refractivity contribution >= 4 is 10.9 Å². The second-order valence-electron chi connectivity index (χ2n) is 4.45. The molecule has 1 atom stereocenters. The fraction of sp³-hybridized carbons (Fsp3) is 0.125. The molecular formula is C16H15N3O. The molecule has 0 fully saturated rings. The second-order valence-corrected chi connectivity index (χ2v) is 4.45. The molecule has 3 rings (SSSR count). The molecule has 0 saturated heterocycles. The van der Waals surface area contributed by atoms with Gasteiger partial charge in [0.2, 0.25) is 0 Å². The number of hydrogen-bond donors (Lipinski definition) is 1. The van der Waals surface area contributed by atoms with E-state index in [0.717, 1.165) is 22.2 Å². The van der Waals surface area contributed by atoms with Crippen LogP contribution in [0.4, 0.5) is 0 Å². The van der Waals surface area contributed by atoms with Crippen LogP contribution in [0, 0.1) is 0 Å². The topological polar surface area (TPSA) is 61.0 Å². The van der Waals surface area contributed by atoms with Crippen molar-refractivity contribution in [1.29, 1.82) is 0 Å². The van der Waals surface area contributed by atoms with Crippen LogP contribution in [-0.2, 0) is 0 Å². The number of pyridine rings is 2. The van der Waals surface area contributed by atoms with E-state index in [1.54, 1.807) is 18.6 Å². The summed E-state index contributed by atoms with van der Waals surface area (Å²) in [5.41, 5.74) is 7.71. The average molecular weight is 265 g/mol. The number of nitrogens with two attached hydrogens (primary N) is 1. The number of hydrogen-bond acceptors (Lipinski definition) is 4. The Balaban J connectivity index is 1.96. The molecule has 4 nitrogen and oxygen atoms in total. The second kappa shape index (κ2) is 5.67. The predicted octanol–water partition coefficient (Wildman–Crippen LogP) is 2.71. The summed E-state index contributed by atoms with van der Waals surface area (Å²) >= 11 is 0. The molecule has 0 amide bonds. The van der Waals surface area contributed by atoms with Gasteiger partial charge in [-0.3, -0.25) is 9.97 Å². The fourth-order valence-corrected chi connectivity index (χ4v) is 2.15. The molecule has 0 aliphatic heterocycles. The summed E-state index contributed by atoms with van der Waals surface area (Å²) in [4.78, 5) is 8.43. The lowest BCUT2D eigenvalue weighted by atomic mass is 10.1. The Kier molecular flexibility index (Phi) is 3.56. The maximum absolute atomic E-state index is 6.06. The first-order valence-corrected chi connectivity index (χ1v) is 6.49. The summed E-state index contributed by atoms with van der Waals surface area (Å²) in [5.74, 6) is 0.787. The third kappa shape index (κ3) is 2.46. The van der Waals surface area contributed by atoms with Crippen molar-refractivity contribution in [2.24, 2.45) is 5.73 Å². The lowest BCUT2D eigenvalue weighted by molar-refractivity contribution is 0.216. The third-order valence-corrected chi connectivity index (χ3v) is 3.15. The Morgan fingerprint density at radius 2 is 1.95 bits per heavy atom. The number of benzene rings is 1. The third-order valence-electron chi connectivity index (χ3n) is 3.15. The Morgan fingerprint density at radius 3 is 2.75 bits per heavy atom. The Morgan fingerprint density at radius 1 is 1.05 bits per heavy atom. The normalized spacial score (nSPS) is 12.2. The number of aromatic nitrogens is 2. The first-order chi connectivity index (χ1) is 9.88. The molecular weight excluding hydrogens is 250 g/mol. The Bertz CT molecular complexity index is 695. The molecule has 0 bridgehead atoms. The molecule has 1 unspecified atom stereocenters. The van der Waals surface area contributed by atoms with Crippen molar-refractivity contribution in [1.82, 2.24) is 9.97 Å². The molecule has 0 spiro atoms. The smallest absolute Gasteiger partial charge is 0.137 e. The van der Waals surface area contributed by atoms with Gasteiger partial charge in [0.25, 0.3) is 0 Å². The lowest BCUT2D eigenvalue weighted by Gasteiger charge is -2.18. The first kappa shape index (κ1) is 12.6. The number of nitrogens with zero attached hydrogens (tertiary/aromatic N) is 2. The molecule has 100 valence electrons. The van der Waals surface area contributed by atoms with E-state index in [0.29, 0.717) is 6.54 Å². The lowest BCUT2D eigenvalue weighted by Crippen LogP contribution is -2.18. The minimum atomic E-state index is -0.213. The summed E-state index contributed by atoms with van der Waals surface area (Å²) in [5, 5.41) is 0.984. The van der Waals surface area contributed by atoms with Gasteiger partial charge in [-0.15, -0.1) is 0 Å². The number of fused-ring (bicyclic) bond motifs is 1. The van der Waals surface area contributed by atoms with Crippen molar-refractivity contribution in [3.8, 4) is 5.75 Å². The molecule has 0 aliphatic rings. The van der Waals surface area contributed by atoms with Gasteiger partial charge in [0.05, 0.1) is 5.52 Å². The van der Waals surface area contributed by atoms with Crippen molar-refractivity contribution in [3.63, 3.8) is 0 Å². The van der Waals surface area contributed by atoms with E-state index in [1.165, 1.54) is 0 Å². The average Bonchev–Trinajstić information content (AvgIpc) is 2.53. The van der Waals surface area contributed by atoms with Crippen LogP contribution in [0.15, 0.2) is 61.1 Å². The van der Waals surface area contributed by atoms with Gasteiger partial charge in [0.1, 0.15) is 11.9 Å². The number of rotatable bonds is 4. The largest absolute Gasteiger partial charge is 0.484 e. The van der Waals surface area contributed by atoms with Crippen LogP contribution in [0.3, 0.4) is 0 Å². The minimum Gasteiger partial charge on any atom is -0.484 e. The maximum Gasteiger partial charge on any atom is 0.137 e. The highest BCUT2D eigenvalue weighted by Crippen LogP contribution is 2.28. The zero-order chi connectivity index (χ0) is 13.8. The van der Waals surface area contributed by atoms with E-state index < -0.39 is 0 Å². The fourth-order valence-electron chi connectivity index (χ4n) is 2.15. The molecule has 0 saturated carbocycles. The van der Waals surface area contributed by atoms with Crippen LogP contribution in [0.5, 0.6) is 5.75 Å². The summed E-state index contributed by atoms with van der Waals surface area (Å²) in [6, 6.07) is 13.6. The predicted molar refractivity (Wildman–Crippen MR) is 78.4 cm³/mol. The van der Waals surface area contributed by atoms with Crippen LogP contribution in [0.1, 0.15) is 11.7 Å². The van der Waals surface area contributed by atoms with Gasteiger partial charge < -0.3 is 10.5 Å². The summed E-state index contributed by atoms with van der Waals surface area (Å²) in [7, 11) is 0. The van der Waals surface area contributed by atoms with Gasteiger partial charge in [-0.1, -0.05) is 12.1 Å². The van der Waals surface area contributed by atoms with Gasteiger partial charge in [0.15, 0.2) is 0 Å². The van der Waals surface area contributed by atoms with Crippen molar-refractivity contribution in [2.45, 2.75) is 6.10 Å². The monoisotopic (exact) mass is 265 g/mol. The van der Waals surface area contributed by atoms with Crippen molar-refractivity contribution in [3.05, 3.63) is 66.6 Å². The SMILES string of the molecule is NCC(Oc1cccc2ncccc12)c1cccnc1. The molecule has 20 heavy (non-hydrogen) atoms. The van der Waals surface area contributed by atoms with E-state index in [1.807, 2.05) is 42.5 Å². The quantitative estimate of drug-likeness (QED) is 0.788. The summed E-state index contributed by atoms with van der Waals surface area (Å²) in [6.07, 6.45) is 5.07. The van der Waals surface area contributed by atoms with Crippen molar-refractivity contribution < 1.29 is 4.74 Å². The van der Waals surface area contributed by atoms with Gasteiger partial charge in [-0.2, -0.15) is 0 Å². The van der Waals surface area contributed by atoms with E-state index in [2.05, 4.69) is 9.97 Å². The highest BCUT2D eigenvalue weighted by molar-refractivity contribution is 5.84. The van der Waals surface area contributed by atoms with Crippen LogP contribution >= 0.6 is 0 Å². The van der Waals surface area contributed by atoms with Crippen LogP contribution in [-0.4, -0.2) is 16.5 Å². The highest BCUT2D eigenvalue weighted by atomic mass is 16.5. The van der Waals surface area contributed by atoms with E-state index in [9.17, 15) is 0 Å². The Hall–Kier alpha value is -2.46. The van der Waals surface area contributed by atoms with E-state index in [4.69, 9.17) is 10.5 Å². The summed E-state index contributed by atoms with van der Waals surface area (Å²) in [6.45, 7) is 0.391. The molecule has 2 N–H and O–H groups in total. The molecule has 2 aromatic heterocycles. The van der Waals surface area contributed by atoms with E-state index >= 15 is 0 Å². The van der Waals surface area contributed by atoms with E-state index in [-0.39, 0.29) is 6.10 Å². The molecule has 1 aromatic carbocycles. The molecule has 0 aliphatic carbocycles. The molecule has 4 heteroatoms. The minimum absolute atomic E-state index is 0.213. The van der Waals surface area contributed by atoms with Gasteiger partial charge >= 0.3 is 0 Å². The summed E-state index contributed by atoms with van der Waals surface area (Å²) < 4.78 is 6.06. The van der Waals surface area contributed by atoms with Gasteiger partial charge in [0, 0.05) is 36.1 Å². The van der Waals surface area contributed by atoms with Crippen molar-refractivity contribution in [2.75, 3.05) is 6.54 Å². The van der Waals surface area contributed by atoms with Crippen LogP contribution in [0.25, 0.3) is 10.9 Å². The highest BCUT2D eigenvalue weighted by Gasteiger charge is 2.13. The zero-order valence-electron chi connectivity index (χ0n) is 10.9. The zero-order valence-corrected chi connectivity index (χ0v) is 10.9. The van der Waals surface area contributed by atoms with Gasteiger partial charge in [-0.25, -0.2) is 0 Å². The molecule has 0 radical (unpaired) electrons. The van der Waals surface area contributed by atoms with Crippen LogP contribution in [0.2, 0.25) is 0 Å². The Labute approximate surface area is 117 Å².